The SMILES string of the molecule is Cc1noc2nc(CCC(=O)NCc3cccnc3)nc(N3CCC(C)CC3)c12. The van der Waals surface area contributed by atoms with Crippen molar-refractivity contribution in [2.24, 2.45) is 5.92 Å². The summed E-state index contributed by atoms with van der Waals surface area (Å²) in [4.78, 5) is 27.9. The van der Waals surface area contributed by atoms with Gasteiger partial charge in [-0.25, -0.2) is 4.98 Å². The van der Waals surface area contributed by atoms with Gasteiger partial charge in [0.15, 0.2) is 0 Å². The van der Waals surface area contributed by atoms with Gasteiger partial charge in [0.1, 0.15) is 17.0 Å². The molecule has 29 heavy (non-hydrogen) atoms. The minimum absolute atomic E-state index is 0.0420. The molecule has 152 valence electrons. The van der Waals surface area contributed by atoms with Gasteiger partial charge in [0.25, 0.3) is 5.71 Å². The van der Waals surface area contributed by atoms with Crippen molar-refractivity contribution in [1.82, 2.24) is 25.4 Å². The van der Waals surface area contributed by atoms with E-state index in [1.807, 2.05) is 19.1 Å². The van der Waals surface area contributed by atoms with E-state index in [9.17, 15) is 4.79 Å². The lowest BCUT2D eigenvalue weighted by Gasteiger charge is -2.31. The highest BCUT2D eigenvalue weighted by molar-refractivity contribution is 5.88. The summed E-state index contributed by atoms with van der Waals surface area (Å²) in [6, 6.07) is 3.79. The number of aromatic nitrogens is 4. The van der Waals surface area contributed by atoms with E-state index in [0.717, 1.165) is 54.3 Å². The normalized spacial score (nSPS) is 15.0. The van der Waals surface area contributed by atoms with Crippen LogP contribution in [0.2, 0.25) is 0 Å². The molecule has 0 aliphatic carbocycles. The van der Waals surface area contributed by atoms with E-state index < -0.39 is 0 Å². The number of piperidine rings is 1. The fraction of sp³-hybridized carbons (Fsp3) is 0.476. The third kappa shape index (κ3) is 4.52. The Hall–Kier alpha value is -3.03. The van der Waals surface area contributed by atoms with Crippen LogP contribution in [0.15, 0.2) is 29.0 Å². The van der Waals surface area contributed by atoms with Crippen LogP contribution in [0.3, 0.4) is 0 Å². The lowest BCUT2D eigenvalue weighted by molar-refractivity contribution is -0.121. The van der Waals surface area contributed by atoms with Crippen molar-refractivity contribution in [2.45, 2.75) is 46.1 Å². The Morgan fingerprint density at radius 1 is 1.31 bits per heavy atom. The number of aryl methyl sites for hydroxylation is 2. The highest BCUT2D eigenvalue weighted by Crippen LogP contribution is 2.30. The summed E-state index contributed by atoms with van der Waals surface area (Å²) in [5.41, 5.74) is 2.27. The number of hydrogen-bond donors (Lipinski definition) is 1. The maximum atomic E-state index is 12.2. The number of amides is 1. The smallest absolute Gasteiger partial charge is 0.263 e. The van der Waals surface area contributed by atoms with Gasteiger partial charge in [-0.15, -0.1) is 0 Å². The van der Waals surface area contributed by atoms with Crippen molar-refractivity contribution in [3.05, 3.63) is 41.6 Å². The van der Waals surface area contributed by atoms with Gasteiger partial charge in [-0.2, -0.15) is 4.98 Å². The first kappa shape index (κ1) is 19.3. The molecule has 3 aromatic rings. The minimum Gasteiger partial charge on any atom is -0.356 e. The van der Waals surface area contributed by atoms with E-state index >= 15 is 0 Å². The molecule has 8 nitrogen and oxygen atoms in total. The van der Waals surface area contributed by atoms with Crippen LogP contribution in [-0.4, -0.2) is 39.1 Å². The quantitative estimate of drug-likeness (QED) is 0.686. The van der Waals surface area contributed by atoms with Crippen molar-refractivity contribution in [3.8, 4) is 0 Å². The van der Waals surface area contributed by atoms with Crippen LogP contribution in [0, 0.1) is 12.8 Å². The van der Waals surface area contributed by atoms with Crippen molar-refractivity contribution in [2.75, 3.05) is 18.0 Å². The van der Waals surface area contributed by atoms with Crippen LogP contribution >= 0.6 is 0 Å². The number of anilines is 1. The van der Waals surface area contributed by atoms with E-state index in [1.165, 1.54) is 0 Å². The van der Waals surface area contributed by atoms with Gasteiger partial charge in [0.2, 0.25) is 5.91 Å². The van der Waals surface area contributed by atoms with E-state index in [2.05, 4.69) is 32.3 Å². The Kier molecular flexibility index (Phi) is 5.69. The number of carbonyl (C=O) groups excluding carboxylic acids is 1. The molecule has 1 aliphatic rings. The molecule has 1 amide bonds. The molecule has 0 atom stereocenters. The lowest BCUT2D eigenvalue weighted by Crippen LogP contribution is -2.34. The number of fused-ring (bicyclic) bond motifs is 1. The van der Waals surface area contributed by atoms with Gasteiger partial charge in [0.05, 0.1) is 5.69 Å². The Balaban J connectivity index is 1.45. The van der Waals surface area contributed by atoms with Crippen molar-refractivity contribution in [3.63, 3.8) is 0 Å². The summed E-state index contributed by atoms with van der Waals surface area (Å²) in [5, 5.41) is 7.87. The van der Waals surface area contributed by atoms with E-state index in [-0.39, 0.29) is 5.91 Å². The maximum Gasteiger partial charge on any atom is 0.263 e. The number of rotatable bonds is 6. The van der Waals surface area contributed by atoms with E-state index in [4.69, 9.17) is 9.51 Å². The predicted octanol–water partition coefficient (Wildman–Crippen LogP) is 2.81. The topological polar surface area (TPSA) is 97.0 Å². The highest BCUT2D eigenvalue weighted by Gasteiger charge is 2.23. The van der Waals surface area contributed by atoms with Crippen molar-refractivity contribution < 1.29 is 9.32 Å². The third-order valence-corrected chi connectivity index (χ3v) is 5.41. The van der Waals surface area contributed by atoms with Gasteiger partial charge >= 0.3 is 0 Å². The molecule has 0 spiro atoms. The largest absolute Gasteiger partial charge is 0.356 e. The lowest BCUT2D eigenvalue weighted by atomic mass is 9.99. The number of pyridine rings is 1. The molecule has 1 fully saturated rings. The fourth-order valence-corrected chi connectivity index (χ4v) is 3.59. The Bertz CT molecular complexity index is 980. The standard InChI is InChI=1S/C21H26N6O2/c1-14-7-10-27(11-8-14)20-19-15(2)26-29-21(19)25-17(24-20)5-6-18(28)23-13-16-4-3-9-22-12-16/h3-4,9,12,14H,5-8,10-11,13H2,1-2H3,(H,23,28). The van der Waals surface area contributed by atoms with Crippen molar-refractivity contribution >= 4 is 22.8 Å². The fourth-order valence-electron chi connectivity index (χ4n) is 3.59. The number of nitrogens with zero attached hydrogens (tertiary/aromatic N) is 5. The zero-order valence-electron chi connectivity index (χ0n) is 16.9. The van der Waals surface area contributed by atoms with E-state index in [0.29, 0.717) is 30.9 Å². The number of carbonyl (C=O) groups is 1. The number of hydrogen-bond acceptors (Lipinski definition) is 7. The minimum atomic E-state index is -0.0420. The van der Waals surface area contributed by atoms with Crippen LogP contribution in [0.5, 0.6) is 0 Å². The summed E-state index contributed by atoms with van der Waals surface area (Å²) in [5.74, 6) is 2.18. The first-order chi connectivity index (χ1) is 14.1. The molecule has 1 N–H and O–H groups in total. The average Bonchev–Trinajstić information content (AvgIpc) is 3.12. The van der Waals surface area contributed by atoms with Gasteiger partial charge in [0, 0.05) is 44.9 Å². The van der Waals surface area contributed by atoms with Crippen LogP contribution in [0.1, 0.15) is 43.3 Å². The summed E-state index contributed by atoms with van der Waals surface area (Å²) in [6.07, 6.45) is 6.50. The van der Waals surface area contributed by atoms with Crippen LogP contribution in [0.25, 0.3) is 11.1 Å². The molecule has 0 unspecified atom stereocenters. The van der Waals surface area contributed by atoms with Gasteiger partial charge in [-0.1, -0.05) is 18.1 Å². The zero-order valence-corrected chi connectivity index (χ0v) is 16.9. The second-order valence-electron chi connectivity index (χ2n) is 7.72. The Morgan fingerprint density at radius 2 is 2.14 bits per heavy atom. The van der Waals surface area contributed by atoms with Crippen LogP contribution < -0.4 is 10.2 Å². The van der Waals surface area contributed by atoms with Crippen molar-refractivity contribution in [1.29, 1.82) is 0 Å². The molecule has 8 heteroatoms. The monoisotopic (exact) mass is 394 g/mol. The number of nitrogens with one attached hydrogen (secondary N) is 1. The molecule has 0 bridgehead atoms. The van der Waals surface area contributed by atoms with Gasteiger partial charge < -0.3 is 14.7 Å². The molecule has 4 heterocycles. The summed E-state index contributed by atoms with van der Waals surface area (Å²) in [6.45, 7) is 6.58. The third-order valence-electron chi connectivity index (χ3n) is 5.41. The first-order valence-corrected chi connectivity index (χ1v) is 10.1. The molecule has 1 aliphatic heterocycles. The molecular weight excluding hydrogens is 368 g/mol. The second-order valence-corrected chi connectivity index (χ2v) is 7.72. The maximum absolute atomic E-state index is 12.2. The summed E-state index contributed by atoms with van der Waals surface area (Å²) >= 11 is 0. The molecule has 0 saturated carbocycles. The zero-order chi connectivity index (χ0) is 20.2. The summed E-state index contributed by atoms with van der Waals surface area (Å²) < 4.78 is 5.42. The second kappa shape index (κ2) is 8.55. The van der Waals surface area contributed by atoms with Crippen LogP contribution in [-0.2, 0) is 17.8 Å². The molecule has 0 radical (unpaired) electrons. The molecular formula is C21H26N6O2. The van der Waals surface area contributed by atoms with E-state index in [1.54, 1.807) is 12.4 Å². The van der Waals surface area contributed by atoms with Crippen LogP contribution in [0.4, 0.5) is 5.82 Å². The highest BCUT2D eigenvalue weighted by atomic mass is 16.5. The van der Waals surface area contributed by atoms with Gasteiger partial charge in [-0.3, -0.25) is 9.78 Å². The average molecular weight is 394 g/mol. The molecule has 3 aromatic heterocycles. The predicted molar refractivity (Wildman–Crippen MR) is 109 cm³/mol. The van der Waals surface area contributed by atoms with Gasteiger partial charge in [-0.05, 0) is 37.3 Å². The Labute approximate surface area is 169 Å². The Morgan fingerprint density at radius 3 is 2.90 bits per heavy atom. The molecule has 4 rings (SSSR count). The molecule has 0 aromatic carbocycles. The molecule has 1 saturated heterocycles. The summed E-state index contributed by atoms with van der Waals surface area (Å²) in [7, 11) is 0. The first-order valence-electron chi connectivity index (χ1n) is 10.1.